The van der Waals surface area contributed by atoms with Crippen LogP contribution in [0.15, 0.2) is 5.11 Å². The van der Waals surface area contributed by atoms with Crippen LogP contribution >= 0.6 is 12.2 Å². The molecule has 0 saturated heterocycles. The third-order valence-electron chi connectivity index (χ3n) is 0.763. The first-order chi connectivity index (χ1) is 4.26. The summed E-state index contributed by atoms with van der Waals surface area (Å²) in [5.41, 5.74) is 6.44. The fraction of sp³-hybridized carbons (Fsp3) is 0.500. The largest absolute Gasteiger partial charge is 0.253 e. The summed E-state index contributed by atoms with van der Waals surface area (Å²) in [6, 6.07) is 0. The van der Waals surface area contributed by atoms with Gasteiger partial charge in [0.2, 0.25) is 5.11 Å². The fourth-order valence-electron chi connectivity index (χ4n) is 0.309. The van der Waals surface area contributed by atoms with Crippen LogP contribution < -0.4 is 0 Å². The number of rotatable bonds is 1. The van der Waals surface area contributed by atoms with E-state index in [1.54, 1.807) is 13.1 Å². The lowest BCUT2D eigenvalue weighted by atomic mass is 10.6. The molecule has 48 valence electrons. The minimum atomic E-state index is 0.0139. The Labute approximate surface area is 58.6 Å². The maximum Gasteiger partial charge on any atom is 0.228 e. The zero-order chi connectivity index (χ0) is 7.28. The van der Waals surface area contributed by atoms with Crippen LogP contribution in [0.5, 0.6) is 0 Å². The number of thiocarbonyl (C=S) groups is 1. The summed E-state index contributed by atoms with van der Waals surface area (Å²) < 4.78 is 0. The van der Waals surface area contributed by atoms with Gasteiger partial charge in [0.05, 0.1) is 0 Å². The lowest BCUT2D eigenvalue weighted by Crippen LogP contribution is -2.21. The van der Waals surface area contributed by atoms with Gasteiger partial charge in [-0.3, -0.25) is 4.90 Å². The molecule has 9 heavy (non-hydrogen) atoms. The standard InChI is InChI=1S/C4H6N4S/c1-2-8(3-5)4(9)7-6/h6H,2H2,1H3. The lowest BCUT2D eigenvalue weighted by molar-refractivity contribution is 0.609. The molecule has 1 N–H and O–H groups in total. The minimum Gasteiger partial charge on any atom is -0.253 e. The molecule has 5 heteroatoms. The highest BCUT2D eigenvalue weighted by atomic mass is 32.1. The number of nitrogens with one attached hydrogen (secondary N) is 1. The van der Waals surface area contributed by atoms with Crippen LogP contribution in [-0.4, -0.2) is 16.6 Å². The summed E-state index contributed by atoms with van der Waals surface area (Å²) in [6.45, 7) is 2.23. The van der Waals surface area contributed by atoms with Gasteiger partial charge in [-0.1, -0.05) is 0 Å². The Bertz CT molecular complexity index is 158. The minimum absolute atomic E-state index is 0.0139. The van der Waals surface area contributed by atoms with E-state index in [0.717, 1.165) is 4.90 Å². The van der Waals surface area contributed by atoms with Crippen molar-refractivity contribution in [1.82, 2.24) is 4.90 Å². The van der Waals surface area contributed by atoms with E-state index in [9.17, 15) is 0 Å². The van der Waals surface area contributed by atoms with Crippen molar-refractivity contribution in [3.63, 3.8) is 0 Å². The molecule has 0 aliphatic heterocycles. The van der Waals surface area contributed by atoms with E-state index in [4.69, 9.17) is 10.8 Å². The van der Waals surface area contributed by atoms with E-state index in [0.29, 0.717) is 6.54 Å². The Balaban J connectivity index is 3.99. The third kappa shape index (κ3) is 2.15. The van der Waals surface area contributed by atoms with Crippen LogP contribution in [0.2, 0.25) is 0 Å². The second-order valence-corrected chi connectivity index (χ2v) is 1.60. The van der Waals surface area contributed by atoms with E-state index >= 15 is 0 Å². The molecule has 4 nitrogen and oxygen atoms in total. The van der Waals surface area contributed by atoms with Crippen molar-refractivity contribution < 1.29 is 0 Å². The van der Waals surface area contributed by atoms with Crippen molar-refractivity contribution in [3.05, 3.63) is 0 Å². The normalized spacial score (nSPS) is 7.56. The van der Waals surface area contributed by atoms with Gasteiger partial charge in [0.1, 0.15) is 0 Å². The van der Waals surface area contributed by atoms with Crippen LogP contribution in [0.1, 0.15) is 6.92 Å². The third-order valence-corrected chi connectivity index (χ3v) is 1.08. The maximum atomic E-state index is 8.27. The quantitative estimate of drug-likeness (QED) is 0.258. The first-order valence-corrected chi connectivity index (χ1v) is 2.75. The van der Waals surface area contributed by atoms with Crippen LogP contribution in [0.3, 0.4) is 0 Å². The van der Waals surface area contributed by atoms with Gasteiger partial charge in [0, 0.05) is 6.54 Å². The van der Waals surface area contributed by atoms with Gasteiger partial charge < -0.3 is 0 Å². The smallest absolute Gasteiger partial charge is 0.228 e. The van der Waals surface area contributed by atoms with Crippen molar-refractivity contribution in [2.45, 2.75) is 6.92 Å². The predicted octanol–water partition coefficient (Wildman–Crippen LogP) is 1.11. The van der Waals surface area contributed by atoms with Gasteiger partial charge in [0.15, 0.2) is 6.19 Å². The summed E-state index contributed by atoms with van der Waals surface area (Å²) in [4.78, 5) is 1.16. The topological polar surface area (TPSA) is 63.2 Å². The number of hydrogen-bond donors (Lipinski definition) is 1. The predicted molar refractivity (Wildman–Crippen MR) is 35.7 cm³/mol. The average Bonchev–Trinajstić information content (AvgIpc) is 1.90. The van der Waals surface area contributed by atoms with E-state index in [1.165, 1.54) is 0 Å². The van der Waals surface area contributed by atoms with Crippen LogP contribution in [0.4, 0.5) is 0 Å². The first-order valence-electron chi connectivity index (χ1n) is 2.35. The van der Waals surface area contributed by atoms with Crippen LogP contribution in [0.25, 0.3) is 0 Å². The van der Waals surface area contributed by atoms with Crippen molar-refractivity contribution in [3.8, 4) is 6.19 Å². The van der Waals surface area contributed by atoms with E-state index in [2.05, 4.69) is 17.3 Å². The average molecular weight is 142 g/mol. The Kier molecular flexibility index (Phi) is 3.48. The molecular weight excluding hydrogens is 136 g/mol. The molecule has 0 fully saturated rings. The molecule has 0 bridgehead atoms. The van der Waals surface area contributed by atoms with Crippen molar-refractivity contribution in [1.29, 1.82) is 10.8 Å². The Morgan fingerprint density at radius 1 is 2.00 bits per heavy atom. The van der Waals surface area contributed by atoms with Gasteiger partial charge in [-0.05, 0) is 19.1 Å². The van der Waals surface area contributed by atoms with Crippen LogP contribution in [0, 0.1) is 17.0 Å². The fourth-order valence-corrected chi connectivity index (χ4v) is 0.479. The van der Waals surface area contributed by atoms with Gasteiger partial charge in [-0.15, -0.1) is 5.11 Å². The SMILES string of the molecule is CCN(C#N)C(=S)N=N. The summed E-state index contributed by atoms with van der Waals surface area (Å²) in [5.74, 6) is 0. The van der Waals surface area contributed by atoms with Gasteiger partial charge in [-0.25, -0.2) is 5.53 Å². The lowest BCUT2D eigenvalue weighted by Gasteiger charge is -2.06. The van der Waals surface area contributed by atoms with Gasteiger partial charge in [-0.2, -0.15) is 5.26 Å². The second kappa shape index (κ2) is 3.92. The first kappa shape index (κ1) is 7.98. The van der Waals surface area contributed by atoms with Crippen LogP contribution in [-0.2, 0) is 0 Å². The Morgan fingerprint density at radius 2 is 2.56 bits per heavy atom. The van der Waals surface area contributed by atoms with Crippen molar-refractivity contribution in [2.24, 2.45) is 5.11 Å². The molecule has 0 radical (unpaired) electrons. The van der Waals surface area contributed by atoms with Gasteiger partial charge in [0.25, 0.3) is 0 Å². The van der Waals surface area contributed by atoms with Gasteiger partial charge >= 0.3 is 0 Å². The van der Waals surface area contributed by atoms with Crippen molar-refractivity contribution >= 4 is 17.3 Å². The zero-order valence-electron chi connectivity index (χ0n) is 4.96. The molecule has 0 aliphatic rings. The van der Waals surface area contributed by atoms with E-state index < -0.39 is 0 Å². The number of nitriles is 1. The molecule has 0 rings (SSSR count). The summed E-state index contributed by atoms with van der Waals surface area (Å²) in [5, 5.41) is 11.2. The zero-order valence-corrected chi connectivity index (χ0v) is 5.77. The highest BCUT2D eigenvalue weighted by molar-refractivity contribution is 7.80. The molecule has 0 heterocycles. The summed E-state index contributed by atoms with van der Waals surface area (Å²) >= 11 is 4.52. The highest BCUT2D eigenvalue weighted by Crippen LogP contribution is 1.89. The molecular formula is C4H6N4S. The molecule has 0 aromatic rings. The number of hydrogen-bond acceptors (Lipinski definition) is 3. The molecule has 0 spiro atoms. The molecule has 0 unspecified atom stereocenters. The Hall–Kier alpha value is -1.02. The Morgan fingerprint density at radius 3 is 2.67 bits per heavy atom. The molecule has 0 aromatic carbocycles. The van der Waals surface area contributed by atoms with E-state index in [1.807, 2.05) is 0 Å². The molecule has 0 aliphatic carbocycles. The monoisotopic (exact) mass is 142 g/mol. The van der Waals surface area contributed by atoms with E-state index in [-0.39, 0.29) is 5.11 Å². The highest BCUT2D eigenvalue weighted by Gasteiger charge is 2.01. The number of nitrogens with zero attached hydrogens (tertiary/aromatic N) is 3. The second-order valence-electron chi connectivity index (χ2n) is 1.24. The molecule has 0 amide bonds. The summed E-state index contributed by atoms with van der Waals surface area (Å²) in [6.07, 6.45) is 1.78. The molecule has 0 saturated carbocycles. The molecule has 0 aromatic heterocycles. The van der Waals surface area contributed by atoms with Crippen molar-refractivity contribution in [2.75, 3.05) is 6.54 Å². The molecule has 0 atom stereocenters. The summed E-state index contributed by atoms with van der Waals surface area (Å²) in [7, 11) is 0. The maximum absolute atomic E-state index is 8.27.